The van der Waals surface area contributed by atoms with E-state index in [1.165, 1.54) is 0 Å². The molecule has 1 saturated heterocycles. The first-order chi connectivity index (χ1) is 15.4. The topological polar surface area (TPSA) is 97.7 Å². The summed E-state index contributed by atoms with van der Waals surface area (Å²) < 4.78 is 12.6. The molecule has 1 aromatic carbocycles. The number of aromatic nitrogens is 2. The average Bonchev–Trinajstić information content (AvgIpc) is 3.07. The fourth-order valence-corrected chi connectivity index (χ4v) is 4.12. The van der Waals surface area contributed by atoms with Crippen molar-refractivity contribution in [2.24, 2.45) is 0 Å². The van der Waals surface area contributed by atoms with Gasteiger partial charge in [0.1, 0.15) is 0 Å². The van der Waals surface area contributed by atoms with Gasteiger partial charge in [-0.15, -0.1) is 0 Å². The molecule has 0 saturated carbocycles. The van der Waals surface area contributed by atoms with Gasteiger partial charge < -0.3 is 20.1 Å². The molecule has 0 aliphatic carbocycles. The van der Waals surface area contributed by atoms with Crippen molar-refractivity contribution in [3.05, 3.63) is 40.7 Å². The number of benzene rings is 1. The molecule has 0 spiro atoms. The summed E-state index contributed by atoms with van der Waals surface area (Å²) in [6.45, 7) is 8.93. The first-order valence-electron chi connectivity index (χ1n) is 10.9. The lowest BCUT2D eigenvalue weighted by molar-refractivity contribution is -0.134. The van der Waals surface area contributed by atoms with E-state index in [1.807, 2.05) is 48.6 Å². The number of nitrogens with one attached hydrogen (secondary N) is 2. The molecule has 174 valence electrons. The van der Waals surface area contributed by atoms with Gasteiger partial charge >= 0.3 is 0 Å². The van der Waals surface area contributed by atoms with Crippen molar-refractivity contribution < 1.29 is 19.1 Å². The third kappa shape index (κ3) is 5.21. The number of methoxy groups -OCH3 is 2. The SMILES string of the molecule is CCn1nc(C)c(CNC(=O)C[C@@H]2C(=O)NCCN2Cc2ccc(OC)c(OC)c2)c1C. The maximum absolute atomic E-state index is 12.7. The van der Waals surface area contributed by atoms with Crippen molar-refractivity contribution in [1.29, 1.82) is 0 Å². The summed E-state index contributed by atoms with van der Waals surface area (Å²) in [5, 5.41) is 10.3. The molecule has 3 rings (SSSR count). The number of carbonyl (C=O) groups is 2. The molecule has 2 N–H and O–H groups in total. The van der Waals surface area contributed by atoms with Gasteiger partial charge in [-0.2, -0.15) is 5.10 Å². The van der Waals surface area contributed by atoms with Crippen molar-refractivity contribution in [3.8, 4) is 11.5 Å². The van der Waals surface area contributed by atoms with Crippen LogP contribution in [-0.2, 0) is 29.2 Å². The molecule has 9 heteroatoms. The average molecular weight is 444 g/mol. The number of rotatable bonds is 9. The lowest BCUT2D eigenvalue weighted by Crippen LogP contribution is -2.56. The van der Waals surface area contributed by atoms with Gasteiger partial charge in [0.2, 0.25) is 11.8 Å². The zero-order valence-electron chi connectivity index (χ0n) is 19.5. The number of carbonyl (C=O) groups excluding carboxylic acids is 2. The Balaban J connectivity index is 1.66. The summed E-state index contributed by atoms with van der Waals surface area (Å²) >= 11 is 0. The van der Waals surface area contributed by atoms with Crippen LogP contribution in [0.15, 0.2) is 18.2 Å². The molecule has 2 heterocycles. The van der Waals surface area contributed by atoms with Gasteiger partial charge in [0.15, 0.2) is 11.5 Å². The van der Waals surface area contributed by atoms with Crippen LogP contribution < -0.4 is 20.1 Å². The van der Waals surface area contributed by atoms with Crippen molar-refractivity contribution in [2.75, 3.05) is 27.3 Å². The molecular formula is C23H33N5O4. The maximum atomic E-state index is 12.7. The third-order valence-electron chi connectivity index (χ3n) is 5.95. The Kier molecular flexibility index (Phi) is 7.74. The standard InChI is InChI=1S/C23H33N5O4/c1-6-28-16(3)18(15(2)26-28)13-25-22(29)12-19-23(30)24-9-10-27(19)14-17-7-8-20(31-4)21(11-17)32-5/h7-8,11,19H,6,9-10,12-14H2,1-5H3,(H,24,30)(H,25,29)/t19-/m1/s1. The van der Waals surface area contributed by atoms with Crippen LogP contribution in [-0.4, -0.2) is 59.8 Å². The number of aryl methyl sites for hydroxylation is 2. The largest absolute Gasteiger partial charge is 0.493 e. The molecule has 1 atom stereocenters. The second kappa shape index (κ2) is 10.5. The number of ether oxygens (including phenoxy) is 2. The van der Waals surface area contributed by atoms with Crippen LogP contribution in [0, 0.1) is 13.8 Å². The first kappa shape index (κ1) is 23.6. The number of piperazine rings is 1. The van der Waals surface area contributed by atoms with Crippen molar-refractivity contribution in [3.63, 3.8) is 0 Å². The second-order valence-corrected chi connectivity index (χ2v) is 7.91. The second-order valence-electron chi connectivity index (χ2n) is 7.91. The van der Waals surface area contributed by atoms with E-state index in [4.69, 9.17) is 9.47 Å². The predicted molar refractivity (Wildman–Crippen MR) is 121 cm³/mol. The van der Waals surface area contributed by atoms with E-state index in [1.54, 1.807) is 14.2 Å². The Morgan fingerprint density at radius 3 is 2.66 bits per heavy atom. The maximum Gasteiger partial charge on any atom is 0.237 e. The van der Waals surface area contributed by atoms with Crippen molar-refractivity contribution >= 4 is 11.8 Å². The highest BCUT2D eigenvalue weighted by Crippen LogP contribution is 2.28. The van der Waals surface area contributed by atoms with Crippen molar-refractivity contribution in [1.82, 2.24) is 25.3 Å². The molecular weight excluding hydrogens is 410 g/mol. The lowest BCUT2D eigenvalue weighted by atomic mass is 10.1. The monoisotopic (exact) mass is 443 g/mol. The normalized spacial score (nSPS) is 16.5. The van der Waals surface area contributed by atoms with Crippen molar-refractivity contribution in [2.45, 2.75) is 52.9 Å². The van der Waals surface area contributed by atoms with Crippen LogP contribution >= 0.6 is 0 Å². The molecule has 1 aliphatic rings. The fourth-order valence-electron chi connectivity index (χ4n) is 4.12. The summed E-state index contributed by atoms with van der Waals surface area (Å²) in [4.78, 5) is 27.4. The fraction of sp³-hybridized carbons (Fsp3) is 0.522. The minimum Gasteiger partial charge on any atom is -0.493 e. The van der Waals surface area contributed by atoms with E-state index in [-0.39, 0.29) is 18.2 Å². The highest BCUT2D eigenvalue weighted by Gasteiger charge is 2.31. The van der Waals surface area contributed by atoms with Gasteiger partial charge in [0.25, 0.3) is 0 Å². The third-order valence-corrected chi connectivity index (χ3v) is 5.95. The van der Waals surface area contributed by atoms with E-state index in [0.717, 1.165) is 29.1 Å². The summed E-state index contributed by atoms with van der Waals surface area (Å²) in [6.07, 6.45) is 0.0964. The van der Waals surface area contributed by atoms with Crippen LogP contribution in [0.2, 0.25) is 0 Å². The lowest BCUT2D eigenvalue weighted by Gasteiger charge is -2.34. The summed E-state index contributed by atoms with van der Waals surface area (Å²) in [5.41, 5.74) is 3.97. The van der Waals surface area contributed by atoms with E-state index in [0.29, 0.717) is 37.7 Å². The smallest absolute Gasteiger partial charge is 0.237 e. The molecule has 32 heavy (non-hydrogen) atoms. The molecule has 1 aromatic heterocycles. The molecule has 1 aliphatic heterocycles. The van der Waals surface area contributed by atoms with Crippen LogP contribution in [0.3, 0.4) is 0 Å². The molecule has 0 bridgehead atoms. The Hall–Kier alpha value is -3.07. The van der Waals surface area contributed by atoms with E-state index in [2.05, 4.69) is 15.7 Å². The minimum atomic E-state index is -0.530. The van der Waals surface area contributed by atoms with Gasteiger partial charge in [-0.1, -0.05) is 6.07 Å². The number of nitrogens with zero attached hydrogens (tertiary/aromatic N) is 3. The zero-order chi connectivity index (χ0) is 23.3. The van der Waals surface area contributed by atoms with E-state index in [9.17, 15) is 9.59 Å². The molecule has 1 fully saturated rings. The van der Waals surface area contributed by atoms with Gasteiger partial charge in [-0.05, 0) is 38.5 Å². The minimum absolute atomic E-state index is 0.0964. The molecule has 0 unspecified atom stereocenters. The summed E-state index contributed by atoms with van der Waals surface area (Å²) in [7, 11) is 3.19. The van der Waals surface area contributed by atoms with Gasteiger partial charge in [0, 0.05) is 44.0 Å². The Morgan fingerprint density at radius 2 is 2.00 bits per heavy atom. The number of amides is 2. The molecule has 9 nitrogen and oxygen atoms in total. The highest BCUT2D eigenvalue weighted by molar-refractivity contribution is 5.88. The molecule has 2 amide bonds. The van der Waals surface area contributed by atoms with Gasteiger partial charge in [0.05, 0.1) is 32.4 Å². The molecule has 2 aromatic rings. The first-order valence-corrected chi connectivity index (χ1v) is 10.9. The van der Waals surface area contributed by atoms with E-state index < -0.39 is 6.04 Å². The van der Waals surface area contributed by atoms with Crippen LogP contribution in [0.4, 0.5) is 0 Å². The highest BCUT2D eigenvalue weighted by atomic mass is 16.5. The zero-order valence-corrected chi connectivity index (χ0v) is 19.5. The van der Waals surface area contributed by atoms with Gasteiger partial charge in [-0.25, -0.2) is 0 Å². The molecule has 0 radical (unpaired) electrons. The number of hydrogen-bond donors (Lipinski definition) is 2. The predicted octanol–water partition coefficient (Wildman–Crippen LogP) is 1.54. The quantitative estimate of drug-likeness (QED) is 0.610. The van der Waals surface area contributed by atoms with Gasteiger partial charge in [-0.3, -0.25) is 19.2 Å². The van der Waals surface area contributed by atoms with Crippen LogP contribution in [0.5, 0.6) is 11.5 Å². The number of hydrogen-bond acceptors (Lipinski definition) is 6. The van der Waals surface area contributed by atoms with E-state index >= 15 is 0 Å². The summed E-state index contributed by atoms with van der Waals surface area (Å²) in [6, 6.07) is 5.17. The Bertz CT molecular complexity index is 972. The summed E-state index contributed by atoms with van der Waals surface area (Å²) in [5.74, 6) is 1.00. The van der Waals surface area contributed by atoms with Crippen LogP contribution in [0.1, 0.15) is 35.9 Å². The Labute approximate surface area is 189 Å². The Morgan fingerprint density at radius 1 is 1.25 bits per heavy atom. The van der Waals surface area contributed by atoms with Crippen LogP contribution in [0.25, 0.3) is 0 Å².